The van der Waals surface area contributed by atoms with Gasteiger partial charge in [-0.2, -0.15) is 0 Å². The summed E-state index contributed by atoms with van der Waals surface area (Å²) < 4.78 is 2.19. The number of hydrogen-bond acceptors (Lipinski definition) is 5. The molecule has 0 saturated carbocycles. The Morgan fingerprint density at radius 3 is 2.44 bits per heavy atom. The van der Waals surface area contributed by atoms with E-state index in [1.54, 1.807) is 12.4 Å². The fourth-order valence-electron chi connectivity index (χ4n) is 3.15. The van der Waals surface area contributed by atoms with E-state index in [1.165, 1.54) is 0 Å². The molecule has 0 bridgehead atoms. The molecule has 1 fully saturated rings. The molecule has 0 aliphatic carbocycles. The van der Waals surface area contributed by atoms with Crippen molar-refractivity contribution in [3.63, 3.8) is 0 Å². The molecule has 148 valence electrons. The standard InChI is InChI=1S/C18H28N8.HI/c1-16-20-9-11-24(16)10-4-3-6-21-17(19-2)25-12-14-26(15-13-25)18-22-7-5-8-23-18;/h5,7-9,11H,3-4,6,10,12-15H2,1-2H3,(H,19,21);1H. The minimum atomic E-state index is 0. The normalized spacial score (nSPS) is 14.8. The summed E-state index contributed by atoms with van der Waals surface area (Å²) in [6, 6.07) is 1.85. The highest BCUT2D eigenvalue weighted by atomic mass is 127. The second-order valence-electron chi connectivity index (χ2n) is 6.37. The van der Waals surface area contributed by atoms with Crippen LogP contribution in [0.15, 0.2) is 35.8 Å². The molecule has 27 heavy (non-hydrogen) atoms. The minimum absolute atomic E-state index is 0. The SMILES string of the molecule is CN=C(NCCCCn1ccnc1C)N1CCN(c2ncccn2)CC1.I. The topological polar surface area (TPSA) is 74.5 Å². The van der Waals surface area contributed by atoms with Crippen molar-refractivity contribution < 1.29 is 0 Å². The van der Waals surface area contributed by atoms with Crippen LogP contribution < -0.4 is 10.2 Å². The van der Waals surface area contributed by atoms with Gasteiger partial charge in [-0.25, -0.2) is 15.0 Å². The smallest absolute Gasteiger partial charge is 0.225 e. The van der Waals surface area contributed by atoms with Gasteiger partial charge in [-0.3, -0.25) is 4.99 Å². The van der Waals surface area contributed by atoms with Crippen LogP contribution in [0.2, 0.25) is 0 Å². The third-order valence-corrected chi connectivity index (χ3v) is 4.66. The van der Waals surface area contributed by atoms with Gasteiger partial charge in [0.25, 0.3) is 0 Å². The monoisotopic (exact) mass is 484 g/mol. The number of hydrogen-bond donors (Lipinski definition) is 1. The van der Waals surface area contributed by atoms with Crippen molar-refractivity contribution in [2.45, 2.75) is 26.3 Å². The number of nitrogens with zero attached hydrogens (tertiary/aromatic N) is 7. The number of halogens is 1. The summed E-state index contributed by atoms with van der Waals surface area (Å²) >= 11 is 0. The molecule has 0 radical (unpaired) electrons. The third kappa shape index (κ3) is 6.05. The van der Waals surface area contributed by atoms with E-state index in [1.807, 2.05) is 32.4 Å². The molecule has 2 aromatic rings. The molecule has 2 aromatic heterocycles. The van der Waals surface area contributed by atoms with Gasteiger partial charge in [0.2, 0.25) is 5.95 Å². The van der Waals surface area contributed by atoms with Gasteiger partial charge in [0.05, 0.1) is 0 Å². The lowest BCUT2D eigenvalue weighted by molar-refractivity contribution is 0.369. The highest BCUT2D eigenvalue weighted by Gasteiger charge is 2.20. The number of unbranched alkanes of at least 4 members (excludes halogenated alkanes) is 1. The van der Waals surface area contributed by atoms with Gasteiger partial charge in [0.1, 0.15) is 5.82 Å². The number of rotatable bonds is 6. The molecule has 0 unspecified atom stereocenters. The Balaban J connectivity index is 0.00000261. The largest absolute Gasteiger partial charge is 0.356 e. The second-order valence-corrected chi connectivity index (χ2v) is 6.37. The van der Waals surface area contributed by atoms with Crippen LogP contribution in [0.5, 0.6) is 0 Å². The van der Waals surface area contributed by atoms with E-state index >= 15 is 0 Å². The van der Waals surface area contributed by atoms with Crippen LogP contribution in [0.25, 0.3) is 0 Å². The average Bonchev–Trinajstić information content (AvgIpc) is 3.10. The van der Waals surface area contributed by atoms with Crippen molar-refractivity contribution in [3.05, 3.63) is 36.7 Å². The molecule has 0 atom stereocenters. The van der Waals surface area contributed by atoms with Crippen molar-refractivity contribution in [1.82, 2.24) is 29.7 Å². The number of piperazine rings is 1. The summed E-state index contributed by atoms with van der Waals surface area (Å²) in [5.74, 6) is 2.87. The van der Waals surface area contributed by atoms with E-state index in [-0.39, 0.29) is 24.0 Å². The van der Waals surface area contributed by atoms with Gasteiger partial charge >= 0.3 is 0 Å². The van der Waals surface area contributed by atoms with Crippen molar-refractivity contribution in [1.29, 1.82) is 0 Å². The van der Waals surface area contributed by atoms with Crippen LogP contribution in [-0.2, 0) is 6.54 Å². The van der Waals surface area contributed by atoms with Gasteiger partial charge < -0.3 is 19.7 Å². The molecular formula is C18H29IN8. The Labute approximate surface area is 178 Å². The van der Waals surface area contributed by atoms with Crippen molar-refractivity contribution in [2.24, 2.45) is 4.99 Å². The number of guanidine groups is 1. The maximum absolute atomic E-state index is 4.44. The maximum Gasteiger partial charge on any atom is 0.225 e. The molecule has 0 amide bonds. The molecule has 9 heteroatoms. The Bertz CT molecular complexity index is 694. The summed E-state index contributed by atoms with van der Waals surface area (Å²) in [5, 5.41) is 3.49. The lowest BCUT2D eigenvalue weighted by Crippen LogP contribution is -2.53. The Hall–Kier alpha value is -1.91. The minimum Gasteiger partial charge on any atom is -0.356 e. The number of aromatic nitrogens is 4. The summed E-state index contributed by atoms with van der Waals surface area (Å²) in [5.41, 5.74) is 0. The van der Waals surface area contributed by atoms with E-state index in [0.29, 0.717) is 0 Å². The Kier molecular flexibility index (Phi) is 8.76. The summed E-state index contributed by atoms with van der Waals surface area (Å²) in [7, 11) is 1.85. The Morgan fingerprint density at radius 2 is 1.81 bits per heavy atom. The molecule has 3 heterocycles. The van der Waals surface area contributed by atoms with Gasteiger partial charge in [0, 0.05) is 71.1 Å². The van der Waals surface area contributed by atoms with E-state index in [9.17, 15) is 0 Å². The van der Waals surface area contributed by atoms with E-state index in [4.69, 9.17) is 0 Å². The zero-order valence-electron chi connectivity index (χ0n) is 16.1. The number of nitrogens with one attached hydrogen (secondary N) is 1. The first-order valence-corrected chi connectivity index (χ1v) is 9.23. The zero-order chi connectivity index (χ0) is 18.2. The summed E-state index contributed by atoms with van der Waals surface area (Å²) in [6.07, 6.45) is 9.71. The van der Waals surface area contributed by atoms with Crippen LogP contribution in [0.1, 0.15) is 18.7 Å². The van der Waals surface area contributed by atoms with Gasteiger partial charge in [-0.1, -0.05) is 0 Å². The van der Waals surface area contributed by atoms with Crippen LogP contribution in [0.3, 0.4) is 0 Å². The van der Waals surface area contributed by atoms with Crippen LogP contribution in [-0.4, -0.2) is 70.1 Å². The second kappa shape index (κ2) is 11.1. The summed E-state index contributed by atoms with van der Waals surface area (Å²) in [4.78, 5) is 21.9. The van der Waals surface area contributed by atoms with Gasteiger partial charge in [-0.05, 0) is 25.8 Å². The highest BCUT2D eigenvalue weighted by Crippen LogP contribution is 2.09. The van der Waals surface area contributed by atoms with Crippen LogP contribution in [0, 0.1) is 6.92 Å². The van der Waals surface area contributed by atoms with Gasteiger partial charge in [0.15, 0.2) is 5.96 Å². The maximum atomic E-state index is 4.44. The third-order valence-electron chi connectivity index (χ3n) is 4.66. The van der Waals surface area contributed by atoms with E-state index < -0.39 is 0 Å². The van der Waals surface area contributed by atoms with E-state index in [2.05, 4.69) is 39.6 Å². The fourth-order valence-corrected chi connectivity index (χ4v) is 3.15. The number of imidazole rings is 1. The molecule has 3 rings (SSSR count). The average molecular weight is 484 g/mol. The lowest BCUT2D eigenvalue weighted by Gasteiger charge is -2.36. The zero-order valence-corrected chi connectivity index (χ0v) is 18.4. The van der Waals surface area contributed by atoms with Crippen LogP contribution >= 0.6 is 24.0 Å². The molecule has 8 nitrogen and oxygen atoms in total. The van der Waals surface area contributed by atoms with Crippen molar-refractivity contribution in [3.8, 4) is 0 Å². The Morgan fingerprint density at radius 1 is 1.07 bits per heavy atom. The van der Waals surface area contributed by atoms with Crippen molar-refractivity contribution >= 4 is 35.9 Å². The predicted molar refractivity (Wildman–Crippen MR) is 119 cm³/mol. The number of aryl methyl sites for hydroxylation is 2. The molecule has 1 aliphatic rings. The quantitative estimate of drug-likeness (QED) is 0.292. The molecule has 1 saturated heterocycles. The van der Waals surface area contributed by atoms with E-state index in [0.717, 1.165) is 69.8 Å². The van der Waals surface area contributed by atoms with Gasteiger partial charge in [-0.15, -0.1) is 24.0 Å². The first kappa shape index (κ1) is 21.4. The first-order chi connectivity index (χ1) is 12.8. The molecule has 1 N–H and O–H groups in total. The number of aliphatic imine (C=N–C) groups is 1. The predicted octanol–water partition coefficient (Wildman–Crippen LogP) is 1.78. The van der Waals surface area contributed by atoms with Crippen molar-refractivity contribution in [2.75, 3.05) is 44.7 Å². The molecular weight excluding hydrogens is 455 g/mol. The molecule has 1 aliphatic heterocycles. The highest BCUT2D eigenvalue weighted by molar-refractivity contribution is 14.0. The lowest BCUT2D eigenvalue weighted by atomic mass is 10.3. The molecule has 0 spiro atoms. The fraction of sp³-hybridized carbons (Fsp3) is 0.556. The first-order valence-electron chi connectivity index (χ1n) is 9.23. The summed E-state index contributed by atoms with van der Waals surface area (Å²) in [6.45, 7) is 7.65. The molecule has 0 aromatic carbocycles. The number of anilines is 1. The van der Waals surface area contributed by atoms with Crippen LogP contribution in [0.4, 0.5) is 5.95 Å².